The van der Waals surface area contributed by atoms with Gasteiger partial charge in [0.05, 0.1) is 18.5 Å². The van der Waals surface area contributed by atoms with Gasteiger partial charge < -0.3 is 15.7 Å². The number of nitrogens with zero attached hydrogens (tertiary/aromatic N) is 2. The van der Waals surface area contributed by atoms with E-state index in [0.29, 0.717) is 5.69 Å². The molecule has 0 bridgehead atoms. The third-order valence-electron chi connectivity index (χ3n) is 2.94. The first-order valence-electron chi connectivity index (χ1n) is 6.61. The monoisotopic (exact) mass is 310 g/mol. The number of aliphatic hydroxyl groups is 1. The predicted molar refractivity (Wildman–Crippen MR) is 76.5 cm³/mol. The maximum atomic E-state index is 12.2. The molecular weight excluding hydrogens is 294 g/mol. The lowest BCUT2D eigenvalue weighted by Crippen LogP contribution is -2.28. The van der Waals surface area contributed by atoms with Crippen molar-refractivity contribution in [1.82, 2.24) is 15.1 Å². The quantitative estimate of drug-likeness (QED) is 0.763. The largest absolute Gasteiger partial charge is 0.392 e. The Balaban J connectivity index is 1.86. The van der Waals surface area contributed by atoms with E-state index in [1.54, 1.807) is 18.2 Å². The Morgan fingerprint density at radius 2 is 2.05 bits per heavy atom. The van der Waals surface area contributed by atoms with Crippen LogP contribution in [0.2, 0.25) is 0 Å². The zero-order chi connectivity index (χ0) is 15.9. The van der Waals surface area contributed by atoms with E-state index < -0.39 is 19.0 Å². The van der Waals surface area contributed by atoms with E-state index in [2.05, 4.69) is 15.7 Å². The van der Waals surface area contributed by atoms with Crippen LogP contribution >= 0.6 is 0 Å². The number of alkyl halides is 2. The Morgan fingerprint density at radius 1 is 1.32 bits per heavy atom. The Labute approximate surface area is 125 Å². The fourth-order valence-corrected chi connectivity index (χ4v) is 1.90. The number of benzene rings is 1. The smallest absolute Gasteiger partial charge is 0.319 e. The van der Waals surface area contributed by atoms with Crippen LogP contribution in [0.5, 0.6) is 0 Å². The van der Waals surface area contributed by atoms with Crippen molar-refractivity contribution in [3.05, 3.63) is 47.8 Å². The van der Waals surface area contributed by atoms with Gasteiger partial charge in [-0.25, -0.2) is 13.6 Å². The molecule has 0 aliphatic rings. The van der Waals surface area contributed by atoms with E-state index in [0.717, 1.165) is 15.8 Å². The summed E-state index contributed by atoms with van der Waals surface area (Å²) in [6, 6.07) is 6.69. The second-order valence-corrected chi connectivity index (χ2v) is 4.58. The molecular formula is C14H16F2N4O2. The molecule has 22 heavy (non-hydrogen) atoms. The molecule has 1 aromatic heterocycles. The molecule has 0 saturated heterocycles. The van der Waals surface area contributed by atoms with Crippen molar-refractivity contribution >= 4 is 11.7 Å². The van der Waals surface area contributed by atoms with Gasteiger partial charge in [0.1, 0.15) is 6.54 Å². The molecule has 0 unspecified atom stereocenters. The van der Waals surface area contributed by atoms with Gasteiger partial charge in [-0.1, -0.05) is 24.3 Å². The first-order chi connectivity index (χ1) is 10.6. The van der Waals surface area contributed by atoms with Crippen molar-refractivity contribution in [3.63, 3.8) is 0 Å². The van der Waals surface area contributed by atoms with E-state index in [1.165, 1.54) is 12.4 Å². The Kier molecular flexibility index (Phi) is 5.42. The molecule has 2 amide bonds. The fraction of sp³-hybridized carbons (Fsp3) is 0.286. The standard InChI is InChI=1S/C14H16F2N4O2/c15-13(16)8-20-7-12(6-18-20)19-14(22)17-5-10-3-1-2-4-11(10)9-21/h1-4,6-7,13,21H,5,8-9H2,(H2,17,19,22). The molecule has 0 spiro atoms. The van der Waals surface area contributed by atoms with Crippen LogP contribution in [0.1, 0.15) is 11.1 Å². The number of nitrogens with one attached hydrogen (secondary N) is 2. The molecule has 2 aromatic rings. The Bertz CT molecular complexity index is 631. The number of anilines is 1. The highest BCUT2D eigenvalue weighted by atomic mass is 19.3. The number of hydrogen-bond acceptors (Lipinski definition) is 3. The number of aliphatic hydroxyl groups excluding tert-OH is 1. The van der Waals surface area contributed by atoms with E-state index in [9.17, 15) is 18.7 Å². The molecule has 6 nitrogen and oxygen atoms in total. The van der Waals surface area contributed by atoms with Crippen LogP contribution in [0.3, 0.4) is 0 Å². The lowest BCUT2D eigenvalue weighted by Gasteiger charge is -2.09. The lowest BCUT2D eigenvalue weighted by atomic mass is 10.1. The Hall–Kier alpha value is -2.48. The van der Waals surface area contributed by atoms with E-state index in [1.807, 2.05) is 6.07 Å². The predicted octanol–water partition coefficient (Wildman–Crippen LogP) is 1.96. The minimum atomic E-state index is -2.50. The molecule has 0 fully saturated rings. The second-order valence-electron chi connectivity index (χ2n) is 4.58. The summed E-state index contributed by atoms with van der Waals surface area (Å²) in [5, 5.41) is 18.0. The summed E-state index contributed by atoms with van der Waals surface area (Å²) in [5.74, 6) is 0. The number of urea groups is 1. The zero-order valence-electron chi connectivity index (χ0n) is 11.7. The number of aromatic nitrogens is 2. The van der Waals surface area contributed by atoms with Crippen LogP contribution in [0, 0.1) is 0 Å². The number of carbonyl (C=O) groups is 1. The molecule has 3 N–H and O–H groups in total. The molecule has 0 saturated carbocycles. The van der Waals surface area contributed by atoms with Crippen LogP contribution in [0.15, 0.2) is 36.7 Å². The van der Waals surface area contributed by atoms with Crippen LogP contribution in [-0.2, 0) is 19.7 Å². The highest BCUT2D eigenvalue weighted by Crippen LogP contribution is 2.09. The van der Waals surface area contributed by atoms with Gasteiger partial charge in [0.2, 0.25) is 0 Å². The first kappa shape index (κ1) is 15.9. The molecule has 2 rings (SSSR count). The minimum absolute atomic E-state index is 0.111. The van der Waals surface area contributed by atoms with E-state index in [-0.39, 0.29) is 13.2 Å². The average molecular weight is 310 g/mol. The first-order valence-corrected chi connectivity index (χ1v) is 6.61. The van der Waals surface area contributed by atoms with Crippen LogP contribution in [-0.4, -0.2) is 27.3 Å². The second kappa shape index (κ2) is 7.51. The van der Waals surface area contributed by atoms with Gasteiger partial charge in [0, 0.05) is 12.7 Å². The van der Waals surface area contributed by atoms with Gasteiger partial charge in [-0.2, -0.15) is 5.10 Å². The summed E-state index contributed by atoms with van der Waals surface area (Å²) in [5.41, 5.74) is 1.86. The average Bonchev–Trinajstić information content (AvgIpc) is 2.91. The molecule has 0 aliphatic heterocycles. The van der Waals surface area contributed by atoms with E-state index >= 15 is 0 Å². The highest BCUT2D eigenvalue weighted by molar-refractivity contribution is 5.88. The van der Waals surface area contributed by atoms with Gasteiger partial charge in [-0.15, -0.1) is 0 Å². The van der Waals surface area contributed by atoms with Crippen molar-refractivity contribution in [2.45, 2.75) is 26.1 Å². The van der Waals surface area contributed by atoms with E-state index in [4.69, 9.17) is 0 Å². The summed E-state index contributed by atoms with van der Waals surface area (Å²) in [6.45, 7) is -0.388. The molecule has 1 aromatic carbocycles. The lowest BCUT2D eigenvalue weighted by molar-refractivity contribution is 0.122. The van der Waals surface area contributed by atoms with Crippen LogP contribution in [0.4, 0.5) is 19.3 Å². The number of hydrogen-bond donors (Lipinski definition) is 3. The van der Waals surface area contributed by atoms with Gasteiger partial charge in [-0.3, -0.25) is 4.68 Å². The number of amides is 2. The SMILES string of the molecule is O=C(NCc1ccccc1CO)Nc1cnn(CC(F)F)c1. The summed E-state index contributed by atoms with van der Waals surface area (Å²) in [7, 11) is 0. The van der Waals surface area contributed by atoms with Crippen molar-refractivity contribution in [1.29, 1.82) is 0 Å². The fourth-order valence-electron chi connectivity index (χ4n) is 1.90. The van der Waals surface area contributed by atoms with Gasteiger partial charge in [0.25, 0.3) is 6.43 Å². The number of rotatable bonds is 6. The zero-order valence-corrected chi connectivity index (χ0v) is 11.7. The molecule has 118 valence electrons. The normalized spacial score (nSPS) is 10.7. The van der Waals surface area contributed by atoms with Crippen molar-refractivity contribution in [2.75, 3.05) is 5.32 Å². The molecule has 0 radical (unpaired) electrons. The van der Waals surface area contributed by atoms with Crippen LogP contribution < -0.4 is 10.6 Å². The van der Waals surface area contributed by atoms with Crippen molar-refractivity contribution in [3.8, 4) is 0 Å². The summed E-state index contributed by atoms with van der Waals surface area (Å²) in [4.78, 5) is 11.7. The van der Waals surface area contributed by atoms with Crippen molar-refractivity contribution < 1.29 is 18.7 Å². The summed E-state index contributed by atoms with van der Waals surface area (Å²) < 4.78 is 25.4. The van der Waals surface area contributed by atoms with Crippen molar-refractivity contribution in [2.24, 2.45) is 0 Å². The third-order valence-corrected chi connectivity index (χ3v) is 2.94. The molecule has 0 atom stereocenters. The highest BCUT2D eigenvalue weighted by Gasteiger charge is 2.08. The maximum absolute atomic E-state index is 12.2. The summed E-state index contributed by atoms with van der Waals surface area (Å²) >= 11 is 0. The van der Waals surface area contributed by atoms with Crippen LogP contribution in [0.25, 0.3) is 0 Å². The number of carbonyl (C=O) groups excluding carboxylic acids is 1. The molecule has 0 aliphatic carbocycles. The van der Waals surface area contributed by atoms with Gasteiger partial charge in [-0.05, 0) is 11.1 Å². The number of halogens is 2. The van der Waals surface area contributed by atoms with Gasteiger partial charge in [0.15, 0.2) is 0 Å². The molecule has 8 heteroatoms. The maximum Gasteiger partial charge on any atom is 0.319 e. The topological polar surface area (TPSA) is 79.2 Å². The molecule has 1 heterocycles. The minimum Gasteiger partial charge on any atom is -0.392 e. The van der Waals surface area contributed by atoms with Gasteiger partial charge >= 0.3 is 6.03 Å². The summed E-state index contributed by atoms with van der Waals surface area (Å²) in [6.07, 6.45) is 0.119. The third kappa shape index (κ3) is 4.52. The Morgan fingerprint density at radius 3 is 2.73 bits per heavy atom.